The molecule has 0 aromatic heterocycles. The van der Waals surface area contributed by atoms with E-state index in [2.05, 4.69) is 0 Å². The highest BCUT2D eigenvalue weighted by Crippen LogP contribution is 2.27. The second-order valence-corrected chi connectivity index (χ2v) is 4.62. The maximum Gasteiger partial charge on any atom is 0.334 e. The Kier molecular flexibility index (Phi) is 4.50. The highest BCUT2D eigenvalue weighted by molar-refractivity contribution is 5.83. The van der Waals surface area contributed by atoms with Gasteiger partial charge in [0, 0.05) is 6.42 Å². The molecule has 108 valence electrons. The van der Waals surface area contributed by atoms with Crippen LogP contribution in [0.1, 0.15) is 18.4 Å². The maximum absolute atomic E-state index is 11.4. The zero-order valence-corrected chi connectivity index (χ0v) is 11.6. The van der Waals surface area contributed by atoms with E-state index in [1.54, 1.807) is 19.2 Å². The number of hydrogen-bond donors (Lipinski definition) is 1. The Morgan fingerprint density at radius 3 is 2.85 bits per heavy atom. The molecule has 5 heteroatoms. The summed E-state index contributed by atoms with van der Waals surface area (Å²) in [7, 11) is 3.06. The normalized spacial score (nSPS) is 18.2. The van der Waals surface area contributed by atoms with Crippen LogP contribution in [0.5, 0.6) is 11.5 Å². The Hall–Kier alpha value is -2.17. The van der Waals surface area contributed by atoms with Gasteiger partial charge in [0.2, 0.25) is 0 Å². The fraction of sp³-hybridized carbons (Fsp3) is 0.400. The predicted octanol–water partition coefficient (Wildman–Crippen LogP) is 2.18. The first-order chi connectivity index (χ1) is 9.62. The van der Waals surface area contributed by atoms with Gasteiger partial charge in [0.25, 0.3) is 0 Å². The van der Waals surface area contributed by atoms with Crippen molar-refractivity contribution >= 4 is 5.97 Å². The van der Waals surface area contributed by atoms with Crippen LogP contribution in [0.2, 0.25) is 0 Å². The summed E-state index contributed by atoms with van der Waals surface area (Å²) in [6.45, 7) is 0. The molecule has 0 saturated heterocycles. The number of methoxy groups -OCH3 is 2. The minimum atomic E-state index is -0.360. The molecule has 0 bridgehead atoms. The van der Waals surface area contributed by atoms with Crippen molar-refractivity contribution in [2.75, 3.05) is 14.2 Å². The maximum atomic E-state index is 11.4. The number of aromatic hydroxyl groups is 1. The first-order valence-electron chi connectivity index (χ1n) is 6.43. The number of esters is 1. The van der Waals surface area contributed by atoms with E-state index >= 15 is 0 Å². The van der Waals surface area contributed by atoms with Crippen molar-refractivity contribution in [3.8, 4) is 11.5 Å². The van der Waals surface area contributed by atoms with Crippen molar-refractivity contribution < 1.29 is 24.1 Å². The lowest BCUT2D eigenvalue weighted by Crippen LogP contribution is -2.23. The van der Waals surface area contributed by atoms with Gasteiger partial charge in [0.05, 0.1) is 20.3 Å². The van der Waals surface area contributed by atoms with Gasteiger partial charge in [0.1, 0.15) is 11.9 Å². The quantitative estimate of drug-likeness (QED) is 0.836. The number of carbonyl (C=O) groups is 1. The van der Waals surface area contributed by atoms with Gasteiger partial charge < -0.3 is 19.3 Å². The average molecular weight is 278 g/mol. The molecule has 0 aliphatic carbocycles. The van der Waals surface area contributed by atoms with E-state index in [1.165, 1.54) is 13.2 Å². The van der Waals surface area contributed by atoms with Gasteiger partial charge in [-0.2, -0.15) is 0 Å². The predicted molar refractivity (Wildman–Crippen MR) is 72.6 cm³/mol. The SMILES string of the molecule is COC1=CC(=O)O[C@H](CCc2ccc(O)c(OC)c2)C1. The van der Waals surface area contributed by atoms with Gasteiger partial charge in [-0.1, -0.05) is 6.07 Å². The highest BCUT2D eigenvalue weighted by atomic mass is 16.5. The van der Waals surface area contributed by atoms with Crippen molar-refractivity contribution in [2.45, 2.75) is 25.4 Å². The Morgan fingerprint density at radius 2 is 2.15 bits per heavy atom. The number of aryl methyl sites for hydroxylation is 1. The summed E-state index contributed by atoms with van der Waals surface area (Å²) in [5.41, 5.74) is 1.02. The summed E-state index contributed by atoms with van der Waals surface area (Å²) in [4.78, 5) is 11.4. The van der Waals surface area contributed by atoms with Gasteiger partial charge in [0.15, 0.2) is 11.5 Å². The van der Waals surface area contributed by atoms with Crippen molar-refractivity contribution in [1.82, 2.24) is 0 Å². The number of phenolic OH excluding ortho intramolecular Hbond substituents is 1. The second kappa shape index (κ2) is 6.32. The summed E-state index contributed by atoms with van der Waals surface area (Å²) >= 11 is 0. The monoisotopic (exact) mass is 278 g/mol. The molecule has 2 rings (SSSR count). The van der Waals surface area contributed by atoms with E-state index in [-0.39, 0.29) is 17.8 Å². The van der Waals surface area contributed by atoms with Crippen LogP contribution in [0.3, 0.4) is 0 Å². The smallest absolute Gasteiger partial charge is 0.334 e. The molecule has 0 fully saturated rings. The van der Waals surface area contributed by atoms with Crippen molar-refractivity contribution in [3.63, 3.8) is 0 Å². The number of phenols is 1. The van der Waals surface area contributed by atoms with Crippen LogP contribution in [-0.4, -0.2) is 31.4 Å². The van der Waals surface area contributed by atoms with E-state index in [0.29, 0.717) is 24.4 Å². The molecule has 20 heavy (non-hydrogen) atoms. The molecule has 0 spiro atoms. The van der Waals surface area contributed by atoms with Crippen LogP contribution in [0.15, 0.2) is 30.0 Å². The third kappa shape index (κ3) is 3.44. The van der Waals surface area contributed by atoms with E-state index in [4.69, 9.17) is 14.2 Å². The molecule has 1 heterocycles. The summed E-state index contributed by atoms with van der Waals surface area (Å²) < 4.78 is 15.4. The van der Waals surface area contributed by atoms with Gasteiger partial charge >= 0.3 is 5.97 Å². The minimum Gasteiger partial charge on any atom is -0.504 e. The van der Waals surface area contributed by atoms with Crippen molar-refractivity contribution in [3.05, 3.63) is 35.6 Å². The Morgan fingerprint density at radius 1 is 1.35 bits per heavy atom. The van der Waals surface area contributed by atoms with Crippen LogP contribution in [0.25, 0.3) is 0 Å². The third-order valence-corrected chi connectivity index (χ3v) is 3.25. The molecule has 0 unspecified atom stereocenters. The molecule has 0 radical (unpaired) electrons. The van der Waals surface area contributed by atoms with E-state index < -0.39 is 0 Å². The van der Waals surface area contributed by atoms with Crippen molar-refractivity contribution in [1.29, 1.82) is 0 Å². The van der Waals surface area contributed by atoms with E-state index in [1.807, 2.05) is 6.07 Å². The lowest BCUT2D eigenvalue weighted by molar-refractivity contribution is -0.145. The zero-order valence-electron chi connectivity index (χ0n) is 11.6. The molecule has 0 saturated carbocycles. The van der Waals surface area contributed by atoms with Crippen LogP contribution in [0, 0.1) is 0 Å². The van der Waals surface area contributed by atoms with Crippen molar-refractivity contribution in [2.24, 2.45) is 0 Å². The Balaban J connectivity index is 1.96. The number of ether oxygens (including phenoxy) is 3. The van der Waals surface area contributed by atoms with E-state index in [9.17, 15) is 9.90 Å². The number of carbonyl (C=O) groups excluding carboxylic acids is 1. The van der Waals surface area contributed by atoms with Crippen LogP contribution in [-0.2, 0) is 20.7 Å². The number of benzene rings is 1. The van der Waals surface area contributed by atoms with Gasteiger partial charge in [-0.3, -0.25) is 0 Å². The van der Waals surface area contributed by atoms with Gasteiger partial charge in [-0.05, 0) is 30.5 Å². The lowest BCUT2D eigenvalue weighted by atomic mass is 10.0. The fourth-order valence-corrected chi connectivity index (χ4v) is 2.16. The topological polar surface area (TPSA) is 65.0 Å². The largest absolute Gasteiger partial charge is 0.504 e. The molecular formula is C15H18O5. The molecule has 1 aliphatic heterocycles. The average Bonchev–Trinajstić information content (AvgIpc) is 2.45. The molecule has 1 aliphatic rings. The summed E-state index contributed by atoms with van der Waals surface area (Å²) in [6, 6.07) is 5.21. The zero-order chi connectivity index (χ0) is 14.5. The molecule has 0 amide bonds. The number of hydrogen-bond acceptors (Lipinski definition) is 5. The Bertz CT molecular complexity index is 521. The van der Waals surface area contributed by atoms with E-state index in [0.717, 1.165) is 12.0 Å². The molecule has 5 nitrogen and oxygen atoms in total. The third-order valence-electron chi connectivity index (χ3n) is 3.25. The molecule has 1 aromatic carbocycles. The number of cyclic esters (lactones) is 1. The summed E-state index contributed by atoms with van der Waals surface area (Å²) in [6.07, 6.45) is 3.21. The minimum absolute atomic E-state index is 0.116. The van der Waals surface area contributed by atoms with Crippen LogP contribution < -0.4 is 4.74 Å². The lowest BCUT2D eigenvalue weighted by Gasteiger charge is -2.22. The molecule has 1 N–H and O–H groups in total. The van der Waals surface area contributed by atoms with Crippen LogP contribution in [0.4, 0.5) is 0 Å². The fourth-order valence-electron chi connectivity index (χ4n) is 2.16. The molecule has 1 atom stereocenters. The first-order valence-corrected chi connectivity index (χ1v) is 6.43. The Labute approximate surface area is 117 Å². The standard InChI is InChI=1S/C15H18O5/c1-18-12-8-11(20-15(17)9-12)5-3-10-4-6-13(16)14(7-10)19-2/h4,6-7,9,11,16H,3,5,8H2,1-2H3/t11-/m1/s1. The highest BCUT2D eigenvalue weighted by Gasteiger charge is 2.22. The van der Waals surface area contributed by atoms with Gasteiger partial charge in [-0.15, -0.1) is 0 Å². The number of rotatable bonds is 5. The molecule has 1 aromatic rings. The summed E-state index contributed by atoms with van der Waals surface area (Å²) in [5, 5.41) is 9.53. The van der Waals surface area contributed by atoms with Crippen LogP contribution >= 0.6 is 0 Å². The second-order valence-electron chi connectivity index (χ2n) is 4.62. The first kappa shape index (κ1) is 14.2. The molecular weight excluding hydrogens is 260 g/mol. The summed E-state index contributed by atoms with van der Waals surface area (Å²) in [5.74, 6) is 0.849. The van der Waals surface area contributed by atoms with Gasteiger partial charge in [-0.25, -0.2) is 4.79 Å².